The second kappa shape index (κ2) is 5.55. The van der Waals surface area contributed by atoms with Crippen LogP contribution in [0.15, 0.2) is 0 Å². The highest BCUT2D eigenvalue weighted by molar-refractivity contribution is 5.85. The quantitative estimate of drug-likeness (QED) is 0.712. The first-order chi connectivity index (χ1) is 6.45. The first-order valence-electron chi connectivity index (χ1n) is 4.30. The van der Waals surface area contributed by atoms with E-state index in [4.69, 9.17) is 0 Å². The van der Waals surface area contributed by atoms with Crippen LogP contribution < -0.4 is 5.32 Å². The molecule has 0 aromatic rings. The van der Waals surface area contributed by atoms with Gasteiger partial charge >= 0.3 is 12.1 Å². The molecule has 2 atom stereocenters. The van der Waals surface area contributed by atoms with Crippen molar-refractivity contribution in [3.63, 3.8) is 0 Å². The van der Waals surface area contributed by atoms with Crippen LogP contribution in [0.1, 0.15) is 6.42 Å². The molecule has 1 saturated heterocycles. The SMILES string of the molecule is COC(=O)C1CNCC(C(F)(F)F)C1.Cl. The summed E-state index contributed by atoms with van der Waals surface area (Å²) in [6.07, 6.45) is -4.41. The molecule has 15 heavy (non-hydrogen) atoms. The molecule has 0 spiro atoms. The van der Waals surface area contributed by atoms with E-state index in [9.17, 15) is 18.0 Å². The lowest BCUT2D eigenvalue weighted by molar-refractivity contribution is -0.184. The van der Waals surface area contributed by atoms with Crippen LogP contribution in [0.5, 0.6) is 0 Å². The van der Waals surface area contributed by atoms with Crippen molar-refractivity contribution in [3.05, 3.63) is 0 Å². The van der Waals surface area contributed by atoms with Crippen molar-refractivity contribution in [2.45, 2.75) is 12.6 Å². The fourth-order valence-corrected chi connectivity index (χ4v) is 1.54. The molecule has 1 N–H and O–H groups in total. The van der Waals surface area contributed by atoms with Gasteiger partial charge in [-0.05, 0) is 6.42 Å². The number of halogens is 4. The van der Waals surface area contributed by atoms with Gasteiger partial charge in [0.1, 0.15) is 0 Å². The van der Waals surface area contributed by atoms with E-state index in [-0.39, 0.29) is 31.9 Å². The topological polar surface area (TPSA) is 38.3 Å². The third-order valence-corrected chi connectivity index (χ3v) is 2.35. The molecule has 7 heteroatoms. The average molecular weight is 248 g/mol. The smallest absolute Gasteiger partial charge is 0.393 e. The minimum atomic E-state index is -4.24. The van der Waals surface area contributed by atoms with Crippen molar-refractivity contribution in [2.75, 3.05) is 20.2 Å². The first kappa shape index (κ1) is 14.5. The molecule has 0 aromatic heterocycles. The Morgan fingerprint density at radius 2 is 2.00 bits per heavy atom. The summed E-state index contributed by atoms with van der Waals surface area (Å²) < 4.78 is 41.3. The second-order valence-corrected chi connectivity index (χ2v) is 3.35. The van der Waals surface area contributed by atoms with Crippen molar-refractivity contribution < 1.29 is 22.7 Å². The Bertz CT molecular complexity index is 222. The summed E-state index contributed by atoms with van der Waals surface area (Å²) in [5, 5.41) is 2.59. The van der Waals surface area contributed by atoms with Crippen LogP contribution in [0.4, 0.5) is 13.2 Å². The van der Waals surface area contributed by atoms with Gasteiger partial charge < -0.3 is 10.1 Å². The highest BCUT2D eigenvalue weighted by Gasteiger charge is 2.43. The standard InChI is InChI=1S/C8H12F3NO2.ClH/c1-14-7(13)5-2-6(4-12-3-5)8(9,10)11;/h5-6,12H,2-4H2,1H3;1H. The minimum Gasteiger partial charge on any atom is -0.469 e. The number of methoxy groups -OCH3 is 1. The predicted molar refractivity (Wildman–Crippen MR) is 49.8 cm³/mol. The molecular weight excluding hydrogens is 235 g/mol. The molecule has 0 aliphatic carbocycles. The van der Waals surface area contributed by atoms with Gasteiger partial charge in [-0.25, -0.2) is 0 Å². The molecule has 1 aliphatic heterocycles. The number of carbonyl (C=O) groups is 1. The van der Waals surface area contributed by atoms with Crippen LogP contribution in [-0.4, -0.2) is 32.3 Å². The zero-order chi connectivity index (χ0) is 10.8. The van der Waals surface area contributed by atoms with Crippen LogP contribution in [0, 0.1) is 11.8 Å². The van der Waals surface area contributed by atoms with E-state index in [1.165, 1.54) is 7.11 Å². The van der Waals surface area contributed by atoms with E-state index in [1.54, 1.807) is 0 Å². The van der Waals surface area contributed by atoms with Gasteiger partial charge in [0.25, 0.3) is 0 Å². The van der Waals surface area contributed by atoms with Crippen LogP contribution in [0.3, 0.4) is 0 Å². The van der Waals surface area contributed by atoms with Gasteiger partial charge in [0.2, 0.25) is 0 Å². The lowest BCUT2D eigenvalue weighted by Gasteiger charge is -2.29. The predicted octanol–water partition coefficient (Wildman–Crippen LogP) is 1.37. The van der Waals surface area contributed by atoms with Gasteiger partial charge in [0, 0.05) is 13.1 Å². The fourth-order valence-electron chi connectivity index (χ4n) is 1.54. The minimum absolute atomic E-state index is 0. The Morgan fingerprint density at radius 1 is 1.40 bits per heavy atom. The average Bonchev–Trinajstić information content (AvgIpc) is 2.15. The van der Waals surface area contributed by atoms with Gasteiger partial charge in [-0.2, -0.15) is 13.2 Å². The summed E-state index contributed by atoms with van der Waals surface area (Å²) in [6, 6.07) is 0. The summed E-state index contributed by atoms with van der Waals surface area (Å²) in [6.45, 7) is 0.149. The molecule has 0 bridgehead atoms. The molecule has 0 radical (unpaired) electrons. The number of ether oxygens (including phenoxy) is 1. The molecule has 0 amide bonds. The highest BCUT2D eigenvalue weighted by Crippen LogP contribution is 2.32. The lowest BCUT2D eigenvalue weighted by atomic mass is 9.90. The fraction of sp³-hybridized carbons (Fsp3) is 0.875. The summed E-state index contributed by atoms with van der Waals surface area (Å²) >= 11 is 0. The van der Waals surface area contributed by atoms with Crippen LogP contribution >= 0.6 is 12.4 Å². The summed E-state index contributed by atoms with van der Waals surface area (Å²) in [5.74, 6) is -2.70. The summed E-state index contributed by atoms with van der Waals surface area (Å²) in [4.78, 5) is 11.0. The maximum Gasteiger partial charge on any atom is 0.393 e. The number of hydrogen-bond acceptors (Lipinski definition) is 3. The molecule has 1 fully saturated rings. The van der Waals surface area contributed by atoms with E-state index >= 15 is 0 Å². The maximum absolute atomic E-state index is 12.3. The number of nitrogens with one attached hydrogen (secondary N) is 1. The van der Waals surface area contributed by atoms with Gasteiger partial charge in [0.05, 0.1) is 18.9 Å². The van der Waals surface area contributed by atoms with Gasteiger partial charge in [-0.15, -0.1) is 12.4 Å². The largest absolute Gasteiger partial charge is 0.469 e. The third kappa shape index (κ3) is 3.87. The van der Waals surface area contributed by atoms with Crippen LogP contribution in [-0.2, 0) is 9.53 Å². The van der Waals surface area contributed by atoms with E-state index in [0.717, 1.165) is 0 Å². The van der Waals surface area contributed by atoms with Crippen molar-refractivity contribution in [2.24, 2.45) is 11.8 Å². The number of piperidine rings is 1. The monoisotopic (exact) mass is 247 g/mol. The molecular formula is C8H13ClF3NO2. The van der Waals surface area contributed by atoms with Crippen molar-refractivity contribution in [3.8, 4) is 0 Å². The Balaban J connectivity index is 0.00000196. The lowest BCUT2D eigenvalue weighted by Crippen LogP contribution is -2.45. The Kier molecular flexibility index (Phi) is 5.37. The summed E-state index contributed by atoms with van der Waals surface area (Å²) in [7, 11) is 1.18. The first-order valence-corrected chi connectivity index (χ1v) is 4.30. The summed E-state index contributed by atoms with van der Waals surface area (Å²) in [5.41, 5.74) is 0. The number of carbonyl (C=O) groups excluding carboxylic acids is 1. The zero-order valence-corrected chi connectivity index (χ0v) is 8.95. The molecule has 0 saturated carbocycles. The van der Waals surface area contributed by atoms with Gasteiger partial charge in [-0.3, -0.25) is 4.79 Å². The molecule has 1 heterocycles. The second-order valence-electron chi connectivity index (χ2n) is 3.35. The van der Waals surface area contributed by atoms with Crippen molar-refractivity contribution >= 4 is 18.4 Å². The third-order valence-electron chi connectivity index (χ3n) is 2.35. The molecule has 1 aliphatic rings. The Labute approximate surface area is 91.8 Å². The number of esters is 1. The van der Waals surface area contributed by atoms with E-state index < -0.39 is 24.0 Å². The van der Waals surface area contributed by atoms with E-state index in [2.05, 4.69) is 10.1 Å². The number of alkyl halides is 3. The highest BCUT2D eigenvalue weighted by atomic mass is 35.5. The van der Waals surface area contributed by atoms with E-state index in [1.807, 2.05) is 0 Å². The van der Waals surface area contributed by atoms with E-state index in [0.29, 0.717) is 0 Å². The van der Waals surface area contributed by atoms with Crippen LogP contribution in [0.2, 0.25) is 0 Å². The van der Waals surface area contributed by atoms with Gasteiger partial charge in [0.15, 0.2) is 0 Å². The maximum atomic E-state index is 12.3. The molecule has 3 nitrogen and oxygen atoms in total. The zero-order valence-electron chi connectivity index (χ0n) is 8.13. The van der Waals surface area contributed by atoms with Gasteiger partial charge in [-0.1, -0.05) is 0 Å². The normalized spacial score (nSPS) is 26.7. The molecule has 90 valence electrons. The Morgan fingerprint density at radius 3 is 2.47 bits per heavy atom. The number of rotatable bonds is 1. The van der Waals surface area contributed by atoms with Crippen LogP contribution in [0.25, 0.3) is 0 Å². The van der Waals surface area contributed by atoms with Crippen molar-refractivity contribution in [1.82, 2.24) is 5.32 Å². The Hall–Kier alpha value is -0.490. The molecule has 1 rings (SSSR count). The number of hydrogen-bond donors (Lipinski definition) is 1. The molecule has 0 aromatic carbocycles. The van der Waals surface area contributed by atoms with Crippen molar-refractivity contribution in [1.29, 1.82) is 0 Å². The molecule has 2 unspecified atom stereocenters.